The van der Waals surface area contributed by atoms with E-state index >= 15 is 0 Å². The van der Waals surface area contributed by atoms with E-state index in [4.69, 9.17) is 9.47 Å². The van der Waals surface area contributed by atoms with E-state index in [0.29, 0.717) is 25.3 Å². The summed E-state index contributed by atoms with van der Waals surface area (Å²) in [7, 11) is 0. The van der Waals surface area contributed by atoms with Gasteiger partial charge in [0, 0.05) is 44.8 Å². The molecular weight excluding hydrogens is 311 g/mol. The molecule has 2 aliphatic rings. The van der Waals surface area contributed by atoms with Crippen LogP contribution in [-0.4, -0.2) is 54.9 Å². The van der Waals surface area contributed by atoms with Crippen LogP contribution in [0.1, 0.15) is 26.7 Å². The zero-order chi connectivity index (χ0) is 17.2. The number of hydrogen-bond donors (Lipinski definition) is 1. The van der Waals surface area contributed by atoms with Gasteiger partial charge in [-0.05, 0) is 32.0 Å². The minimum absolute atomic E-state index is 0.110. The van der Waals surface area contributed by atoms with Gasteiger partial charge in [-0.3, -0.25) is 9.69 Å². The maximum Gasteiger partial charge on any atom is 0.225 e. The summed E-state index contributed by atoms with van der Waals surface area (Å²) in [4.78, 5) is 14.4. The van der Waals surface area contributed by atoms with Gasteiger partial charge in [-0.25, -0.2) is 4.39 Å². The summed E-state index contributed by atoms with van der Waals surface area (Å²) in [6, 6.07) is 5.94. The first-order chi connectivity index (χ1) is 11.4. The molecule has 0 aliphatic carbocycles. The Morgan fingerprint density at radius 1 is 1.38 bits per heavy atom. The molecule has 24 heavy (non-hydrogen) atoms. The van der Waals surface area contributed by atoms with Crippen molar-refractivity contribution in [1.82, 2.24) is 4.90 Å². The molecule has 2 aliphatic heterocycles. The van der Waals surface area contributed by atoms with Crippen molar-refractivity contribution in [3.63, 3.8) is 0 Å². The van der Waals surface area contributed by atoms with Crippen LogP contribution in [0.3, 0.4) is 0 Å². The molecule has 5 nitrogen and oxygen atoms in total. The number of benzene rings is 1. The van der Waals surface area contributed by atoms with Gasteiger partial charge in [-0.15, -0.1) is 0 Å². The van der Waals surface area contributed by atoms with E-state index in [-0.39, 0.29) is 22.9 Å². The number of ether oxygens (including phenoxy) is 2. The Balaban J connectivity index is 1.54. The van der Waals surface area contributed by atoms with Gasteiger partial charge in [0.1, 0.15) is 11.4 Å². The van der Waals surface area contributed by atoms with Gasteiger partial charge in [0.2, 0.25) is 5.91 Å². The summed E-state index contributed by atoms with van der Waals surface area (Å²) in [5.41, 5.74) is -0.0193. The molecule has 132 valence electrons. The van der Waals surface area contributed by atoms with Crippen LogP contribution in [0.25, 0.3) is 0 Å². The molecule has 0 radical (unpaired) electrons. The standard InChI is InChI=1S/C18H25FN2O3/c1-17(2)11-21(12-18(24-17)7-9-23-13-18)8-6-16(22)20-15-5-3-4-14(19)10-15/h3-5,10H,6-9,11-13H2,1-2H3,(H,20,22)/t18-/m0/s1. The minimum Gasteiger partial charge on any atom is -0.378 e. The van der Waals surface area contributed by atoms with E-state index in [1.54, 1.807) is 12.1 Å². The first-order valence-electron chi connectivity index (χ1n) is 8.42. The number of hydrogen-bond acceptors (Lipinski definition) is 4. The number of rotatable bonds is 4. The quantitative estimate of drug-likeness (QED) is 0.917. The van der Waals surface area contributed by atoms with Crippen LogP contribution in [0, 0.1) is 5.82 Å². The van der Waals surface area contributed by atoms with Gasteiger partial charge in [0.05, 0.1) is 12.2 Å². The number of halogens is 1. The first-order valence-corrected chi connectivity index (χ1v) is 8.42. The summed E-state index contributed by atoms with van der Waals surface area (Å²) in [5, 5.41) is 2.74. The monoisotopic (exact) mass is 336 g/mol. The lowest BCUT2D eigenvalue weighted by atomic mass is 9.95. The van der Waals surface area contributed by atoms with E-state index in [9.17, 15) is 9.18 Å². The Labute approximate surface area is 142 Å². The molecule has 6 heteroatoms. The second-order valence-electron chi connectivity index (χ2n) is 7.37. The Hall–Kier alpha value is -1.50. The van der Waals surface area contributed by atoms with Gasteiger partial charge in [-0.1, -0.05) is 6.07 Å². The molecule has 0 bridgehead atoms. The molecule has 0 unspecified atom stereocenters. The molecule has 1 amide bonds. The summed E-state index contributed by atoms with van der Waals surface area (Å²) >= 11 is 0. The fraction of sp³-hybridized carbons (Fsp3) is 0.611. The van der Waals surface area contributed by atoms with E-state index in [1.165, 1.54) is 12.1 Å². The van der Waals surface area contributed by atoms with Crippen molar-refractivity contribution in [2.75, 3.05) is 38.2 Å². The molecule has 2 heterocycles. The fourth-order valence-corrected chi connectivity index (χ4v) is 3.65. The predicted octanol–water partition coefficient (Wildman–Crippen LogP) is 2.42. The van der Waals surface area contributed by atoms with Crippen molar-refractivity contribution in [2.24, 2.45) is 0 Å². The van der Waals surface area contributed by atoms with Crippen LogP contribution in [0.5, 0.6) is 0 Å². The summed E-state index contributed by atoms with van der Waals surface area (Å²) in [6.07, 6.45) is 1.26. The van der Waals surface area contributed by atoms with Gasteiger partial charge in [0.25, 0.3) is 0 Å². The van der Waals surface area contributed by atoms with Crippen molar-refractivity contribution in [3.05, 3.63) is 30.1 Å². The molecule has 1 atom stereocenters. The highest BCUT2D eigenvalue weighted by atomic mass is 19.1. The highest BCUT2D eigenvalue weighted by Gasteiger charge is 2.46. The molecule has 1 spiro atoms. The molecule has 0 saturated carbocycles. The molecule has 3 rings (SSSR count). The van der Waals surface area contributed by atoms with Crippen LogP contribution in [0.4, 0.5) is 10.1 Å². The fourth-order valence-electron chi connectivity index (χ4n) is 3.65. The summed E-state index contributed by atoms with van der Waals surface area (Å²) in [6.45, 7) is 7.70. The molecular formula is C18H25FN2O3. The molecule has 2 saturated heterocycles. The minimum atomic E-state index is -0.356. The molecule has 2 fully saturated rings. The zero-order valence-electron chi connectivity index (χ0n) is 14.3. The van der Waals surface area contributed by atoms with E-state index in [2.05, 4.69) is 24.1 Å². The third-order valence-corrected chi connectivity index (χ3v) is 4.44. The van der Waals surface area contributed by atoms with Gasteiger partial charge < -0.3 is 14.8 Å². The summed E-state index contributed by atoms with van der Waals surface area (Å²) < 4.78 is 25.0. The topological polar surface area (TPSA) is 50.8 Å². The Kier molecular flexibility index (Phi) is 4.90. The maximum atomic E-state index is 13.2. The van der Waals surface area contributed by atoms with Crippen LogP contribution in [0.15, 0.2) is 24.3 Å². The van der Waals surface area contributed by atoms with Crippen molar-refractivity contribution in [2.45, 2.75) is 37.9 Å². The smallest absolute Gasteiger partial charge is 0.225 e. The molecule has 1 aromatic rings. The average Bonchev–Trinajstić information content (AvgIpc) is 2.90. The van der Waals surface area contributed by atoms with Crippen LogP contribution >= 0.6 is 0 Å². The lowest BCUT2D eigenvalue weighted by Gasteiger charge is -2.48. The Morgan fingerprint density at radius 2 is 2.21 bits per heavy atom. The third-order valence-electron chi connectivity index (χ3n) is 4.44. The van der Waals surface area contributed by atoms with Crippen molar-refractivity contribution in [3.8, 4) is 0 Å². The lowest BCUT2D eigenvalue weighted by Crippen LogP contribution is -2.60. The SMILES string of the molecule is CC1(C)CN(CCC(=O)Nc2cccc(F)c2)C[C@]2(CCOC2)O1. The van der Waals surface area contributed by atoms with Crippen molar-refractivity contribution >= 4 is 11.6 Å². The number of carbonyl (C=O) groups is 1. The van der Waals surface area contributed by atoms with Crippen LogP contribution in [-0.2, 0) is 14.3 Å². The van der Waals surface area contributed by atoms with Gasteiger partial charge in [-0.2, -0.15) is 0 Å². The van der Waals surface area contributed by atoms with Gasteiger partial charge >= 0.3 is 0 Å². The number of carbonyl (C=O) groups excluding carboxylic acids is 1. The normalized spacial score (nSPS) is 26.6. The van der Waals surface area contributed by atoms with Gasteiger partial charge in [0.15, 0.2) is 0 Å². The second-order valence-corrected chi connectivity index (χ2v) is 7.37. The average molecular weight is 336 g/mol. The van der Waals surface area contributed by atoms with Crippen LogP contribution in [0.2, 0.25) is 0 Å². The zero-order valence-corrected chi connectivity index (χ0v) is 14.3. The van der Waals surface area contributed by atoms with Crippen molar-refractivity contribution < 1.29 is 18.7 Å². The molecule has 1 N–H and O–H groups in total. The predicted molar refractivity (Wildman–Crippen MR) is 89.4 cm³/mol. The number of amides is 1. The first kappa shape index (κ1) is 17.3. The number of morpholine rings is 1. The summed E-state index contributed by atoms with van der Waals surface area (Å²) in [5.74, 6) is -0.465. The number of anilines is 1. The highest BCUT2D eigenvalue weighted by molar-refractivity contribution is 5.90. The molecule has 0 aromatic heterocycles. The van der Waals surface area contributed by atoms with Crippen LogP contribution < -0.4 is 5.32 Å². The third kappa shape index (κ3) is 4.32. The Bertz CT molecular complexity index is 600. The van der Waals surface area contributed by atoms with Crippen molar-refractivity contribution in [1.29, 1.82) is 0 Å². The van der Waals surface area contributed by atoms with E-state index in [1.807, 2.05) is 0 Å². The Morgan fingerprint density at radius 3 is 2.92 bits per heavy atom. The largest absolute Gasteiger partial charge is 0.378 e. The number of nitrogens with one attached hydrogen (secondary N) is 1. The second kappa shape index (κ2) is 6.78. The molecule has 1 aromatic carbocycles. The van der Waals surface area contributed by atoms with E-state index < -0.39 is 0 Å². The number of nitrogens with zero attached hydrogens (tertiary/aromatic N) is 1. The lowest BCUT2D eigenvalue weighted by molar-refractivity contribution is -0.195. The van der Waals surface area contributed by atoms with E-state index in [0.717, 1.165) is 26.1 Å². The maximum absolute atomic E-state index is 13.2. The highest BCUT2D eigenvalue weighted by Crippen LogP contribution is 2.34.